The first-order chi connectivity index (χ1) is 16.6. The minimum atomic E-state index is -0.277. The lowest BCUT2D eigenvalue weighted by Crippen LogP contribution is -2.52. The van der Waals surface area contributed by atoms with E-state index < -0.39 is 0 Å². The number of pyridine rings is 2. The van der Waals surface area contributed by atoms with Gasteiger partial charge >= 0.3 is 0 Å². The number of ether oxygens (including phenoxy) is 2. The van der Waals surface area contributed by atoms with Gasteiger partial charge < -0.3 is 30.7 Å². The summed E-state index contributed by atoms with van der Waals surface area (Å²) in [5.41, 5.74) is 2.32. The van der Waals surface area contributed by atoms with E-state index in [-0.39, 0.29) is 30.5 Å². The van der Waals surface area contributed by atoms with Gasteiger partial charge in [-0.2, -0.15) is 0 Å². The lowest BCUT2D eigenvalue weighted by molar-refractivity contribution is -0.119. The van der Waals surface area contributed by atoms with Crippen molar-refractivity contribution in [1.82, 2.24) is 20.6 Å². The van der Waals surface area contributed by atoms with E-state index in [1.807, 2.05) is 30.3 Å². The van der Waals surface area contributed by atoms with Crippen LogP contribution in [-0.4, -0.2) is 54.1 Å². The molecule has 2 aromatic heterocycles. The third kappa shape index (κ3) is 4.78. The fourth-order valence-electron chi connectivity index (χ4n) is 4.19. The van der Waals surface area contributed by atoms with Gasteiger partial charge in [0.05, 0.1) is 30.0 Å². The van der Waals surface area contributed by atoms with Gasteiger partial charge in [0, 0.05) is 30.7 Å². The van der Waals surface area contributed by atoms with Gasteiger partial charge in [-0.25, -0.2) is 4.98 Å². The number of hydrogen-bond donors (Lipinski definition) is 4. The van der Waals surface area contributed by atoms with Crippen LogP contribution in [0.4, 0.5) is 11.5 Å². The van der Waals surface area contributed by atoms with Gasteiger partial charge in [-0.3, -0.25) is 14.6 Å². The average molecular weight is 463 g/mol. The zero-order chi connectivity index (χ0) is 23.5. The van der Waals surface area contributed by atoms with Crippen LogP contribution in [0.1, 0.15) is 18.5 Å². The molecular formula is C24H26N6O4. The van der Waals surface area contributed by atoms with Crippen molar-refractivity contribution in [2.75, 3.05) is 30.9 Å². The number of carbonyl (C=O) groups excluding carboxylic acids is 2. The van der Waals surface area contributed by atoms with Crippen LogP contribution in [-0.2, 0) is 16.1 Å². The van der Waals surface area contributed by atoms with Crippen molar-refractivity contribution in [2.24, 2.45) is 0 Å². The van der Waals surface area contributed by atoms with E-state index in [0.717, 1.165) is 23.0 Å². The van der Waals surface area contributed by atoms with E-state index in [4.69, 9.17) is 9.47 Å². The number of aromatic nitrogens is 2. The lowest BCUT2D eigenvalue weighted by atomic mass is 10.00. The molecule has 2 aliphatic heterocycles. The van der Waals surface area contributed by atoms with E-state index in [0.29, 0.717) is 42.5 Å². The molecule has 1 fully saturated rings. The van der Waals surface area contributed by atoms with E-state index in [1.54, 1.807) is 19.4 Å². The van der Waals surface area contributed by atoms with Crippen LogP contribution in [0.25, 0.3) is 10.9 Å². The second-order valence-corrected chi connectivity index (χ2v) is 8.33. The summed E-state index contributed by atoms with van der Waals surface area (Å²) < 4.78 is 10.7. The standard InChI is InChI=1S/C24H26N6O4/c1-33-16-4-6-18-17(10-16)19(8-9-25-18)29-24(32)20-5-2-14(11-27-20)26-12-15-3-7-21-23(28-15)30-22(31)13-34-21/h3-4,6-10,14,20,26-27H,2,5,11-13H2,1H3,(H,25,29,32)(H,28,30,31). The Morgan fingerprint density at radius 3 is 2.97 bits per heavy atom. The molecule has 2 unspecified atom stereocenters. The number of amides is 2. The van der Waals surface area contributed by atoms with Gasteiger partial charge in [-0.1, -0.05) is 0 Å². The van der Waals surface area contributed by atoms with Gasteiger partial charge in [0.15, 0.2) is 18.2 Å². The van der Waals surface area contributed by atoms with Crippen molar-refractivity contribution in [3.63, 3.8) is 0 Å². The molecule has 176 valence electrons. The van der Waals surface area contributed by atoms with Crippen molar-refractivity contribution in [1.29, 1.82) is 0 Å². The molecule has 2 aliphatic rings. The summed E-state index contributed by atoms with van der Waals surface area (Å²) in [5, 5.41) is 13.4. The fourth-order valence-corrected chi connectivity index (χ4v) is 4.19. The second-order valence-electron chi connectivity index (χ2n) is 8.33. The van der Waals surface area contributed by atoms with Crippen LogP contribution in [0, 0.1) is 0 Å². The number of hydrogen-bond acceptors (Lipinski definition) is 8. The molecule has 2 amide bonds. The van der Waals surface area contributed by atoms with E-state index >= 15 is 0 Å². The zero-order valence-electron chi connectivity index (χ0n) is 18.8. The average Bonchev–Trinajstić information content (AvgIpc) is 2.87. The first-order valence-corrected chi connectivity index (χ1v) is 11.2. The molecule has 2 atom stereocenters. The molecule has 0 radical (unpaired) electrons. The molecule has 10 nitrogen and oxygen atoms in total. The number of methoxy groups -OCH3 is 1. The second kappa shape index (κ2) is 9.62. The van der Waals surface area contributed by atoms with Crippen LogP contribution in [0.5, 0.6) is 11.5 Å². The number of anilines is 2. The molecule has 34 heavy (non-hydrogen) atoms. The van der Waals surface area contributed by atoms with Gasteiger partial charge in [0.1, 0.15) is 5.75 Å². The maximum Gasteiger partial charge on any atom is 0.263 e. The van der Waals surface area contributed by atoms with Crippen LogP contribution in [0.15, 0.2) is 42.6 Å². The Balaban J connectivity index is 1.14. The minimum Gasteiger partial charge on any atom is -0.497 e. The smallest absolute Gasteiger partial charge is 0.263 e. The van der Waals surface area contributed by atoms with E-state index in [2.05, 4.69) is 31.2 Å². The van der Waals surface area contributed by atoms with Crippen molar-refractivity contribution in [2.45, 2.75) is 31.5 Å². The van der Waals surface area contributed by atoms with Gasteiger partial charge in [0.2, 0.25) is 5.91 Å². The maximum absolute atomic E-state index is 12.9. The predicted octanol–water partition coefficient (Wildman–Crippen LogP) is 1.82. The molecular weight excluding hydrogens is 436 g/mol. The number of carbonyl (C=O) groups is 2. The number of nitrogens with zero attached hydrogens (tertiary/aromatic N) is 2. The van der Waals surface area contributed by atoms with Crippen molar-refractivity contribution < 1.29 is 19.1 Å². The summed E-state index contributed by atoms with van der Waals surface area (Å²) >= 11 is 0. The maximum atomic E-state index is 12.9. The predicted molar refractivity (Wildman–Crippen MR) is 127 cm³/mol. The molecule has 4 N–H and O–H groups in total. The van der Waals surface area contributed by atoms with E-state index in [9.17, 15) is 9.59 Å². The summed E-state index contributed by atoms with van der Waals surface area (Å²) in [6, 6.07) is 11.0. The lowest BCUT2D eigenvalue weighted by Gasteiger charge is -2.30. The Labute approximate surface area is 196 Å². The van der Waals surface area contributed by atoms with Crippen molar-refractivity contribution in [3.8, 4) is 11.5 Å². The molecule has 10 heteroatoms. The first kappa shape index (κ1) is 22.1. The van der Waals surface area contributed by atoms with Gasteiger partial charge in [0.25, 0.3) is 5.91 Å². The van der Waals surface area contributed by atoms with E-state index in [1.165, 1.54) is 0 Å². The van der Waals surface area contributed by atoms with Crippen LogP contribution in [0.3, 0.4) is 0 Å². The highest BCUT2D eigenvalue weighted by Crippen LogP contribution is 2.27. The number of nitrogens with one attached hydrogen (secondary N) is 4. The number of piperidine rings is 1. The SMILES string of the molecule is COc1ccc2nccc(NC(=O)C3CCC(NCc4ccc5c(n4)NC(=O)CO5)CN3)c2c1. The molecule has 1 aromatic carbocycles. The summed E-state index contributed by atoms with van der Waals surface area (Å²) in [5.74, 6) is 1.47. The third-order valence-corrected chi connectivity index (χ3v) is 6.04. The Morgan fingerprint density at radius 1 is 1.24 bits per heavy atom. The molecule has 5 rings (SSSR count). The van der Waals surface area contributed by atoms with Crippen LogP contribution < -0.4 is 30.7 Å². The Morgan fingerprint density at radius 2 is 2.15 bits per heavy atom. The third-order valence-electron chi connectivity index (χ3n) is 6.04. The van der Waals surface area contributed by atoms with Gasteiger partial charge in [-0.05, 0) is 49.2 Å². The molecule has 1 saturated heterocycles. The molecule has 0 saturated carbocycles. The largest absolute Gasteiger partial charge is 0.497 e. The highest BCUT2D eigenvalue weighted by Gasteiger charge is 2.26. The quantitative estimate of drug-likeness (QED) is 0.437. The summed E-state index contributed by atoms with van der Waals surface area (Å²) in [7, 11) is 1.61. The normalized spacial score (nSPS) is 19.6. The fraction of sp³-hybridized carbons (Fsp3) is 0.333. The first-order valence-electron chi connectivity index (χ1n) is 11.2. The minimum absolute atomic E-state index is 0.0142. The van der Waals surface area contributed by atoms with Crippen LogP contribution in [0.2, 0.25) is 0 Å². The van der Waals surface area contributed by atoms with Crippen molar-refractivity contribution >= 4 is 34.2 Å². The molecule has 0 spiro atoms. The van der Waals surface area contributed by atoms with Crippen LogP contribution >= 0.6 is 0 Å². The molecule has 0 aliphatic carbocycles. The number of fused-ring (bicyclic) bond motifs is 2. The highest BCUT2D eigenvalue weighted by molar-refractivity contribution is 6.03. The topological polar surface area (TPSA) is 127 Å². The Kier molecular flexibility index (Phi) is 6.24. The Hall–Kier alpha value is -3.76. The Bertz CT molecular complexity index is 1230. The summed E-state index contributed by atoms with van der Waals surface area (Å²) in [6.45, 7) is 1.23. The molecule has 4 heterocycles. The summed E-state index contributed by atoms with van der Waals surface area (Å²) in [6.07, 6.45) is 3.24. The van der Waals surface area contributed by atoms with Gasteiger partial charge in [-0.15, -0.1) is 0 Å². The summed E-state index contributed by atoms with van der Waals surface area (Å²) in [4.78, 5) is 33.2. The molecule has 0 bridgehead atoms. The van der Waals surface area contributed by atoms with Crippen molar-refractivity contribution in [3.05, 3.63) is 48.3 Å². The number of benzene rings is 1. The molecule has 3 aromatic rings. The number of rotatable bonds is 6. The monoisotopic (exact) mass is 462 g/mol. The zero-order valence-corrected chi connectivity index (χ0v) is 18.8. The highest BCUT2D eigenvalue weighted by atomic mass is 16.5.